The summed E-state index contributed by atoms with van der Waals surface area (Å²) in [6.45, 7) is -2.75. The van der Waals surface area contributed by atoms with E-state index in [9.17, 15) is 18.0 Å². The van der Waals surface area contributed by atoms with Gasteiger partial charge >= 0.3 is 6.61 Å². The SMILES string of the molecule is Cl.NCCCC(=O)Nc1ccc(F)cc1OC(F)F. The average Bonchev–Trinajstić information content (AvgIpc) is 2.29. The molecule has 0 fully saturated rings. The number of halogens is 4. The summed E-state index contributed by atoms with van der Waals surface area (Å²) in [5.74, 6) is -1.54. The Hall–Kier alpha value is -1.47. The number of rotatable bonds is 6. The Morgan fingerprint density at radius 1 is 1.42 bits per heavy atom. The molecule has 0 aliphatic heterocycles. The van der Waals surface area contributed by atoms with Crippen molar-refractivity contribution in [3.8, 4) is 5.75 Å². The maximum atomic E-state index is 12.9. The van der Waals surface area contributed by atoms with E-state index in [4.69, 9.17) is 5.73 Å². The molecular weight excluding hydrogens is 285 g/mol. The molecule has 1 aromatic rings. The van der Waals surface area contributed by atoms with E-state index < -0.39 is 24.1 Å². The van der Waals surface area contributed by atoms with Crippen LogP contribution in [0.15, 0.2) is 18.2 Å². The third-order valence-corrected chi connectivity index (χ3v) is 2.04. The van der Waals surface area contributed by atoms with E-state index in [0.717, 1.165) is 18.2 Å². The molecule has 0 aromatic heterocycles. The topological polar surface area (TPSA) is 64.4 Å². The number of alkyl halides is 2. The number of hydrogen-bond donors (Lipinski definition) is 2. The summed E-state index contributed by atoms with van der Waals surface area (Å²) in [5, 5.41) is 2.36. The first-order valence-electron chi connectivity index (χ1n) is 5.27. The van der Waals surface area contributed by atoms with Gasteiger partial charge in [0.15, 0.2) is 5.75 Å². The van der Waals surface area contributed by atoms with Crippen LogP contribution in [-0.2, 0) is 4.79 Å². The summed E-state index contributed by atoms with van der Waals surface area (Å²) in [4.78, 5) is 11.4. The molecule has 0 aliphatic carbocycles. The van der Waals surface area contributed by atoms with Gasteiger partial charge in [-0.2, -0.15) is 8.78 Å². The highest BCUT2D eigenvalue weighted by atomic mass is 35.5. The van der Waals surface area contributed by atoms with Crippen LogP contribution in [0.4, 0.5) is 18.9 Å². The first-order valence-corrected chi connectivity index (χ1v) is 5.27. The molecule has 1 amide bonds. The number of amides is 1. The van der Waals surface area contributed by atoms with Crippen molar-refractivity contribution in [3.63, 3.8) is 0 Å². The van der Waals surface area contributed by atoms with Gasteiger partial charge in [0.2, 0.25) is 5.91 Å². The molecule has 3 N–H and O–H groups in total. The van der Waals surface area contributed by atoms with Crippen LogP contribution < -0.4 is 15.8 Å². The lowest BCUT2D eigenvalue weighted by molar-refractivity contribution is -0.116. The number of carbonyl (C=O) groups is 1. The zero-order chi connectivity index (χ0) is 13.5. The van der Waals surface area contributed by atoms with Crippen LogP contribution in [-0.4, -0.2) is 19.1 Å². The van der Waals surface area contributed by atoms with Gasteiger partial charge < -0.3 is 15.8 Å². The van der Waals surface area contributed by atoms with Crippen LogP contribution in [0.5, 0.6) is 5.75 Å². The Balaban J connectivity index is 0.00000324. The minimum absolute atomic E-state index is 0. The first-order chi connectivity index (χ1) is 8.52. The van der Waals surface area contributed by atoms with Gasteiger partial charge in [-0.3, -0.25) is 4.79 Å². The summed E-state index contributed by atoms with van der Waals surface area (Å²) in [6, 6.07) is 2.98. The molecule has 4 nitrogen and oxygen atoms in total. The summed E-state index contributed by atoms with van der Waals surface area (Å²) >= 11 is 0. The maximum Gasteiger partial charge on any atom is 0.387 e. The largest absolute Gasteiger partial charge is 0.432 e. The van der Waals surface area contributed by atoms with Crippen LogP contribution in [0.3, 0.4) is 0 Å². The van der Waals surface area contributed by atoms with Gasteiger partial charge in [-0.15, -0.1) is 12.4 Å². The van der Waals surface area contributed by atoms with E-state index in [1.807, 2.05) is 0 Å². The zero-order valence-corrected chi connectivity index (χ0v) is 10.7. The molecule has 0 spiro atoms. The number of nitrogens with one attached hydrogen (secondary N) is 1. The fourth-order valence-electron chi connectivity index (χ4n) is 1.27. The Morgan fingerprint density at radius 2 is 2.11 bits per heavy atom. The molecule has 0 radical (unpaired) electrons. The van der Waals surface area contributed by atoms with E-state index in [0.29, 0.717) is 13.0 Å². The lowest BCUT2D eigenvalue weighted by Crippen LogP contribution is -2.15. The van der Waals surface area contributed by atoms with Gasteiger partial charge in [-0.25, -0.2) is 4.39 Å². The number of anilines is 1. The van der Waals surface area contributed by atoms with Crippen LogP contribution in [0.25, 0.3) is 0 Å². The monoisotopic (exact) mass is 298 g/mol. The van der Waals surface area contributed by atoms with Crippen molar-refractivity contribution in [2.45, 2.75) is 19.5 Å². The molecule has 0 heterocycles. The molecule has 1 rings (SSSR count). The predicted molar refractivity (Wildman–Crippen MR) is 67.2 cm³/mol. The Kier molecular flexibility index (Phi) is 7.94. The van der Waals surface area contributed by atoms with Crippen LogP contribution in [0.1, 0.15) is 12.8 Å². The molecule has 0 saturated heterocycles. The fraction of sp³-hybridized carbons (Fsp3) is 0.364. The van der Waals surface area contributed by atoms with Crippen LogP contribution >= 0.6 is 12.4 Å². The lowest BCUT2D eigenvalue weighted by atomic mass is 10.2. The Bertz CT molecular complexity index is 419. The summed E-state index contributed by atoms with van der Waals surface area (Å²) in [6.07, 6.45) is 0.625. The lowest BCUT2D eigenvalue weighted by Gasteiger charge is -2.11. The standard InChI is InChI=1S/C11H13F3N2O2.ClH/c12-7-3-4-8(9(6-7)18-11(13)14)16-10(17)2-1-5-15;/h3-4,6,11H,1-2,5,15H2,(H,16,17);1H. The van der Waals surface area contributed by atoms with Crippen LogP contribution in [0, 0.1) is 5.82 Å². The predicted octanol–water partition coefficient (Wildman–Crippen LogP) is 2.53. The molecular formula is C11H14ClF3N2O2. The average molecular weight is 299 g/mol. The molecule has 8 heteroatoms. The molecule has 0 aliphatic rings. The molecule has 19 heavy (non-hydrogen) atoms. The first kappa shape index (κ1) is 17.5. The normalized spacial score (nSPS) is 9.95. The second-order valence-electron chi connectivity index (χ2n) is 3.46. The molecule has 108 valence electrons. The number of nitrogens with two attached hydrogens (primary N) is 1. The third kappa shape index (κ3) is 6.30. The highest BCUT2D eigenvalue weighted by Crippen LogP contribution is 2.27. The highest BCUT2D eigenvalue weighted by molar-refractivity contribution is 5.92. The van der Waals surface area contributed by atoms with Crippen molar-refractivity contribution in [3.05, 3.63) is 24.0 Å². The van der Waals surface area contributed by atoms with Crippen molar-refractivity contribution < 1.29 is 22.7 Å². The number of benzene rings is 1. The second kappa shape index (κ2) is 8.60. The molecule has 0 atom stereocenters. The van der Waals surface area contributed by atoms with Crippen molar-refractivity contribution in [2.75, 3.05) is 11.9 Å². The van der Waals surface area contributed by atoms with E-state index >= 15 is 0 Å². The van der Waals surface area contributed by atoms with E-state index in [-0.39, 0.29) is 24.5 Å². The van der Waals surface area contributed by atoms with Crippen molar-refractivity contribution in [1.82, 2.24) is 0 Å². The Labute approximate surface area is 114 Å². The zero-order valence-electron chi connectivity index (χ0n) is 9.87. The molecule has 0 bridgehead atoms. The summed E-state index contributed by atoms with van der Waals surface area (Å²) in [7, 11) is 0. The molecule has 1 aromatic carbocycles. The van der Waals surface area contributed by atoms with Gasteiger partial charge in [0, 0.05) is 12.5 Å². The van der Waals surface area contributed by atoms with Crippen LogP contribution in [0.2, 0.25) is 0 Å². The maximum absolute atomic E-state index is 12.9. The van der Waals surface area contributed by atoms with Gasteiger partial charge in [0.05, 0.1) is 5.69 Å². The van der Waals surface area contributed by atoms with Crippen molar-refractivity contribution in [2.24, 2.45) is 5.73 Å². The van der Waals surface area contributed by atoms with Crippen molar-refractivity contribution in [1.29, 1.82) is 0 Å². The quantitative estimate of drug-likeness (QED) is 0.848. The number of hydrogen-bond acceptors (Lipinski definition) is 3. The summed E-state index contributed by atoms with van der Waals surface area (Å²) in [5.41, 5.74) is 5.23. The van der Waals surface area contributed by atoms with Gasteiger partial charge in [0.1, 0.15) is 5.82 Å². The molecule has 0 unspecified atom stereocenters. The van der Waals surface area contributed by atoms with E-state index in [1.165, 1.54) is 0 Å². The second-order valence-corrected chi connectivity index (χ2v) is 3.46. The van der Waals surface area contributed by atoms with Gasteiger partial charge in [-0.1, -0.05) is 0 Å². The van der Waals surface area contributed by atoms with E-state index in [1.54, 1.807) is 0 Å². The smallest absolute Gasteiger partial charge is 0.387 e. The summed E-state index contributed by atoms with van der Waals surface area (Å²) < 4.78 is 41.2. The number of carbonyl (C=O) groups excluding carboxylic acids is 1. The molecule has 0 saturated carbocycles. The highest BCUT2D eigenvalue weighted by Gasteiger charge is 2.12. The van der Waals surface area contributed by atoms with Gasteiger partial charge in [-0.05, 0) is 25.1 Å². The van der Waals surface area contributed by atoms with Crippen molar-refractivity contribution >= 4 is 24.0 Å². The fourth-order valence-corrected chi connectivity index (χ4v) is 1.27. The van der Waals surface area contributed by atoms with E-state index in [2.05, 4.69) is 10.1 Å². The Morgan fingerprint density at radius 3 is 2.68 bits per heavy atom. The minimum atomic E-state index is -3.09. The third-order valence-electron chi connectivity index (χ3n) is 2.04. The number of ether oxygens (including phenoxy) is 1. The van der Waals surface area contributed by atoms with Gasteiger partial charge in [0.25, 0.3) is 0 Å². The minimum Gasteiger partial charge on any atom is -0.432 e.